The molecule has 2 aromatic carbocycles. The lowest BCUT2D eigenvalue weighted by atomic mass is 10.0. The summed E-state index contributed by atoms with van der Waals surface area (Å²) in [5.74, 6) is -1.33. The molecule has 0 atom stereocenters. The highest BCUT2D eigenvalue weighted by Crippen LogP contribution is 2.14. The molecule has 114 valence electrons. The molecule has 0 spiro atoms. The summed E-state index contributed by atoms with van der Waals surface area (Å²) in [6.07, 6.45) is 0.277. The number of halogens is 1. The topological polar surface area (TPSA) is 58.2 Å². The summed E-state index contributed by atoms with van der Waals surface area (Å²) >= 11 is 5.73. The number of rotatable bonds is 6. The Morgan fingerprint density at radius 1 is 0.818 bits per heavy atom. The third-order valence-corrected chi connectivity index (χ3v) is 3.33. The first kappa shape index (κ1) is 16.0. The molecule has 0 aliphatic heterocycles. The first-order chi connectivity index (χ1) is 10.7. The van der Waals surface area contributed by atoms with E-state index >= 15 is 0 Å². The lowest BCUT2D eigenvalue weighted by Gasteiger charge is -2.15. The first-order valence-corrected chi connectivity index (χ1v) is 7.52. The van der Waals surface area contributed by atoms with Gasteiger partial charge >= 0.3 is 0 Å². The highest BCUT2D eigenvalue weighted by Gasteiger charge is 2.26. The quantitative estimate of drug-likeness (QED) is 0.633. The number of nitrogens with one attached hydrogen (secondary N) is 2. The van der Waals surface area contributed by atoms with E-state index in [0.29, 0.717) is 11.4 Å². The molecule has 0 aliphatic rings. The minimum atomic E-state index is -0.835. The molecule has 0 bridgehead atoms. The third kappa shape index (κ3) is 4.60. The van der Waals surface area contributed by atoms with Gasteiger partial charge in [0.1, 0.15) is 5.92 Å². The molecular formula is C17H17ClN2O2. The summed E-state index contributed by atoms with van der Waals surface area (Å²) in [5, 5.41) is 5.47. The molecule has 5 heteroatoms. The van der Waals surface area contributed by atoms with E-state index in [1.807, 2.05) is 36.4 Å². The zero-order valence-corrected chi connectivity index (χ0v) is 12.7. The van der Waals surface area contributed by atoms with Crippen LogP contribution in [0.4, 0.5) is 11.4 Å². The Balaban J connectivity index is 2.05. The van der Waals surface area contributed by atoms with Gasteiger partial charge in [0.2, 0.25) is 11.8 Å². The molecule has 22 heavy (non-hydrogen) atoms. The molecule has 0 unspecified atom stereocenters. The Morgan fingerprint density at radius 3 is 1.59 bits per heavy atom. The van der Waals surface area contributed by atoms with E-state index in [-0.39, 0.29) is 24.1 Å². The van der Waals surface area contributed by atoms with E-state index in [1.165, 1.54) is 0 Å². The first-order valence-electron chi connectivity index (χ1n) is 6.98. The number of benzene rings is 2. The number of amides is 2. The molecule has 0 saturated carbocycles. The fraction of sp³-hybridized carbons (Fsp3) is 0.176. The summed E-state index contributed by atoms with van der Waals surface area (Å²) in [6.45, 7) is 0. The Labute approximate surface area is 134 Å². The molecule has 0 radical (unpaired) electrons. The van der Waals surface area contributed by atoms with Crippen LogP contribution in [-0.2, 0) is 9.59 Å². The van der Waals surface area contributed by atoms with Gasteiger partial charge in [-0.3, -0.25) is 9.59 Å². The maximum absolute atomic E-state index is 12.3. The van der Waals surface area contributed by atoms with Crippen LogP contribution < -0.4 is 10.6 Å². The minimum absolute atomic E-state index is 0.231. The van der Waals surface area contributed by atoms with Gasteiger partial charge in [-0.05, 0) is 30.7 Å². The van der Waals surface area contributed by atoms with Crippen LogP contribution in [0.2, 0.25) is 0 Å². The molecule has 2 N–H and O–H groups in total. The zero-order valence-electron chi connectivity index (χ0n) is 12.0. The van der Waals surface area contributed by atoms with E-state index < -0.39 is 5.92 Å². The van der Waals surface area contributed by atoms with Crippen molar-refractivity contribution in [3.8, 4) is 0 Å². The fourth-order valence-corrected chi connectivity index (χ4v) is 2.21. The maximum atomic E-state index is 12.3. The third-order valence-electron chi connectivity index (χ3n) is 3.11. The van der Waals surface area contributed by atoms with Crippen molar-refractivity contribution < 1.29 is 9.59 Å². The molecule has 4 nitrogen and oxygen atoms in total. The average molecular weight is 317 g/mol. The van der Waals surface area contributed by atoms with Crippen molar-refractivity contribution in [2.24, 2.45) is 5.92 Å². The van der Waals surface area contributed by atoms with Gasteiger partial charge in [-0.2, -0.15) is 0 Å². The highest BCUT2D eigenvalue weighted by atomic mass is 35.5. The van der Waals surface area contributed by atoms with Gasteiger partial charge in [-0.25, -0.2) is 0 Å². The van der Waals surface area contributed by atoms with Gasteiger partial charge in [-0.15, -0.1) is 11.6 Å². The van der Waals surface area contributed by atoms with Gasteiger partial charge in [0.05, 0.1) is 0 Å². The van der Waals surface area contributed by atoms with Crippen LogP contribution in [0.1, 0.15) is 6.42 Å². The number of hydrogen-bond donors (Lipinski definition) is 2. The van der Waals surface area contributed by atoms with Crippen molar-refractivity contribution in [3.63, 3.8) is 0 Å². The van der Waals surface area contributed by atoms with Gasteiger partial charge in [0.15, 0.2) is 0 Å². The van der Waals surface area contributed by atoms with Crippen molar-refractivity contribution in [2.45, 2.75) is 6.42 Å². The van der Waals surface area contributed by atoms with Gasteiger partial charge in [0.25, 0.3) is 0 Å². The normalized spacial score (nSPS) is 10.3. The van der Waals surface area contributed by atoms with Crippen LogP contribution in [0, 0.1) is 5.92 Å². The van der Waals surface area contributed by atoms with Crippen LogP contribution in [0.5, 0.6) is 0 Å². The molecule has 2 rings (SSSR count). The Bertz CT molecular complexity index is 564. The number of para-hydroxylation sites is 2. The second kappa shape index (κ2) is 8.20. The van der Waals surface area contributed by atoms with Crippen LogP contribution in [0.15, 0.2) is 60.7 Å². The SMILES string of the molecule is O=C(Nc1ccccc1)C(CCCl)C(=O)Nc1ccccc1. The monoisotopic (exact) mass is 316 g/mol. The van der Waals surface area contributed by atoms with Gasteiger partial charge in [0, 0.05) is 17.3 Å². The molecule has 0 fully saturated rings. The molecule has 2 amide bonds. The molecule has 0 aromatic heterocycles. The van der Waals surface area contributed by atoms with E-state index in [4.69, 9.17) is 11.6 Å². The Kier molecular flexibility index (Phi) is 5.98. The standard InChI is InChI=1S/C17H17ClN2O2/c18-12-11-15(16(21)19-13-7-3-1-4-8-13)17(22)20-14-9-5-2-6-10-14/h1-10,15H,11-12H2,(H,19,21)(H,20,22). The van der Waals surface area contributed by atoms with E-state index in [9.17, 15) is 9.59 Å². The number of alkyl halides is 1. The smallest absolute Gasteiger partial charge is 0.237 e. The summed E-state index contributed by atoms with van der Waals surface area (Å²) in [7, 11) is 0. The summed E-state index contributed by atoms with van der Waals surface area (Å²) in [4.78, 5) is 24.6. The summed E-state index contributed by atoms with van der Waals surface area (Å²) in [5.41, 5.74) is 1.30. The predicted octanol–water partition coefficient (Wildman–Crippen LogP) is 3.51. The second-order valence-electron chi connectivity index (χ2n) is 4.74. The van der Waals surface area contributed by atoms with E-state index in [0.717, 1.165) is 0 Å². The van der Waals surface area contributed by atoms with E-state index in [1.54, 1.807) is 24.3 Å². The van der Waals surface area contributed by atoms with Gasteiger partial charge < -0.3 is 10.6 Å². The van der Waals surface area contributed by atoms with Crippen molar-refractivity contribution in [3.05, 3.63) is 60.7 Å². The van der Waals surface area contributed by atoms with Crippen molar-refractivity contribution in [2.75, 3.05) is 16.5 Å². The molecule has 0 aliphatic carbocycles. The molecule has 0 saturated heterocycles. The lowest BCUT2D eigenvalue weighted by Crippen LogP contribution is -2.34. The summed E-state index contributed by atoms with van der Waals surface area (Å²) < 4.78 is 0. The van der Waals surface area contributed by atoms with Gasteiger partial charge in [-0.1, -0.05) is 36.4 Å². The molecular weight excluding hydrogens is 300 g/mol. The zero-order chi connectivity index (χ0) is 15.8. The van der Waals surface area contributed by atoms with Crippen LogP contribution in [0.3, 0.4) is 0 Å². The second-order valence-corrected chi connectivity index (χ2v) is 5.12. The fourth-order valence-electron chi connectivity index (χ4n) is 1.99. The number of hydrogen-bond acceptors (Lipinski definition) is 2. The molecule has 2 aromatic rings. The minimum Gasteiger partial charge on any atom is -0.325 e. The van der Waals surface area contributed by atoms with Crippen LogP contribution in [-0.4, -0.2) is 17.7 Å². The van der Waals surface area contributed by atoms with Crippen molar-refractivity contribution in [1.29, 1.82) is 0 Å². The number of carbonyl (C=O) groups is 2. The van der Waals surface area contributed by atoms with Crippen LogP contribution in [0.25, 0.3) is 0 Å². The maximum Gasteiger partial charge on any atom is 0.237 e. The molecule has 0 heterocycles. The predicted molar refractivity (Wildman–Crippen MR) is 89.0 cm³/mol. The van der Waals surface area contributed by atoms with Crippen molar-refractivity contribution >= 4 is 34.8 Å². The number of anilines is 2. The summed E-state index contributed by atoms with van der Waals surface area (Å²) in [6, 6.07) is 18.0. The van der Waals surface area contributed by atoms with Crippen molar-refractivity contribution in [1.82, 2.24) is 0 Å². The Hall–Kier alpha value is -2.33. The largest absolute Gasteiger partial charge is 0.325 e. The number of carbonyl (C=O) groups excluding carboxylic acids is 2. The average Bonchev–Trinajstić information content (AvgIpc) is 2.54. The van der Waals surface area contributed by atoms with E-state index in [2.05, 4.69) is 10.6 Å². The lowest BCUT2D eigenvalue weighted by molar-refractivity contribution is -0.129. The highest BCUT2D eigenvalue weighted by molar-refractivity contribution is 6.19. The van der Waals surface area contributed by atoms with Crippen LogP contribution >= 0.6 is 11.6 Å². The Morgan fingerprint density at radius 2 is 1.23 bits per heavy atom.